The molecule has 1 saturated carbocycles. The Bertz CT molecular complexity index is 868. The Morgan fingerprint density at radius 2 is 1.63 bits per heavy atom. The van der Waals surface area contributed by atoms with Crippen LogP contribution in [-0.2, 0) is 16.0 Å². The number of nitrogens with zero attached hydrogens (tertiary/aromatic N) is 2. The maximum absolute atomic E-state index is 12.6. The number of amides is 2. The van der Waals surface area contributed by atoms with Crippen molar-refractivity contribution in [1.82, 2.24) is 4.90 Å². The highest BCUT2D eigenvalue weighted by molar-refractivity contribution is 5.93. The minimum atomic E-state index is 0.137. The van der Waals surface area contributed by atoms with Gasteiger partial charge in [0.25, 0.3) is 0 Å². The van der Waals surface area contributed by atoms with Gasteiger partial charge in [-0.15, -0.1) is 0 Å². The predicted molar refractivity (Wildman–Crippen MR) is 118 cm³/mol. The summed E-state index contributed by atoms with van der Waals surface area (Å²) in [6.45, 7) is 3.05. The third kappa shape index (κ3) is 4.75. The minimum absolute atomic E-state index is 0.137. The first kappa shape index (κ1) is 20.3. The van der Waals surface area contributed by atoms with Crippen molar-refractivity contribution in [3.05, 3.63) is 54.1 Å². The lowest BCUT2D eigenvalue weighted by atomic mass is 9.85. The van der Waals surface area contributed by atoms with E-state index in [1.54, 1.807) is 7.11 Å². The highest BCUT2D eigenvalue weighted by Crippen LogP contribution is 2.28. The summed E-state index contributed by atoms with van der Waals surface area (Å²) in [5.74, 6) is 1.29. The van der Waals surface area contributed by atoms with Gasteiger partial charge >= 0.3 is 0 Å². The molecule has 1 aliphatic heterocycles. The lowest BCUT2D eigenvalue weighted by molar-refractivity contribution is -0.130. The zero-order valence-corrected chi connectivity index (χ0v) is 17.5. The van der Waals surface area contributed by atoms with E-state index in [0.29, 0.717) is 6.42 Å². The molecular formula is C24H29N3O3. The van der Waals surface area contributed by atoms with E-state index in [1.165, 1.54) is 0 Å². The zero-order chi connectivity index (χ0) is 20.9. The second-order valence-corrected chi connectivity index (χ2v) is 8.06. The second-order valence-electron chi connectivity index (χ2n) is 8.06. The molecule has 30 heavy (non-hydrogen) atoms. The highest BCUT2D eigenvalue weighted by atomic mass is 16.5. The van der Waals surface area contributed by atoms with E-state index in [2.05, 4.69) is 10.2 Å². The molecule has 2 aromatic carbocycles. The number of piperazine rings is 1. The van der Waals surface area contributed by atoms with Crippen molar-refractivity contribution in [1.29, 1.82) is 0 Å². The third-order valence-corrected chi connectivity index (χ3v) is 6.12. The minimum Gasteiger partial charge on any atom is -0.497 e. The number of anilines is 2. The van der Waals surface area contributed by atoms with E-state index in [0.717, 1.165) is 68.1 Å². The fourth-order valence-electron chi connectivity index (χ4n) is 3.91. The Balaban J connectivity index is 1.26. The highest BCUT2D eigenvalue weighted by Gasteiger charge is 2.25. The molecular weight excluding hydrogens is 378 g/mol. The smallest absolute Gasteiger partial charge is 0.227 e. The number of nitrogens with one attached hydrogen (secondary N) is 1. The van der Waals surface area contributed by atoms with Crippen molar-refractivity contribution in [3.8, 4) is 5.75 Å². The summed E-state index contributed by atoms with van der Waals surface area (Å²) in [5, 5.41) is 3.01. The van der Waals surface area contributed by atoms with Crippen molar-refractivity contribution in [2.45, 2.75) is 25.7 Å². The SMILES string of the molecule is COc1ccc(CC(=O)N2CCN(c3ccc(NC(=O)C4CCC4)cc3)CC2)cc1. The number of hydrogen-bond donors (Lipinski definition) is 1. The molecule has 1 saturated heterocycles. The summed E-state index contributed by atoms with van der Waals surface area (Å²) in [4.78, 5) is 28.9. The molecule has 6 heteroatoms. The fraction of sp³-hybridized carbons (Fsp3) is 0.417. The molecule has 2 amide bonds. The van der Waals surface area contributed by atoms with Gasteiger partial charge in [0.2, 0.25) is 11.8 Å². The largest absolute Gasteiger partial charge is 0.497 e. The van der Waals surface area contributed by atoms with Crippen molar-refractivity contribution in [2.24, 2.45) is 5.92 Å². The maximum atomic E-state index is 12.6. The molecule has 0 radical (unpaired) electrons. The fourth-order valence-corrected chi connectivity index (χ4v) is 3.91. The van der Waals surface area contributed by atoms with Crippen LogP contribution in [0.25, 0.3) is 0 Å². The number of rotatable bonds is 6. The van der Waals surface area contributed by atoms with Gasteiger partial charge in [0, 0.05) is 43.5 Å². The third-order valence-electron chi connectivity index (χ3n) is 6.12. The molecule has 2 aromatic rings. The zero-order valence-electron chi connectivity index (χ0n) is 17.5. The van der Waals surface area contributed by atoms with Crippen LogP contribution in [0.5, 0.6) is 5.75 Å². The van der Waals surface area contributed by atoms with E-state index >= 15 is 0 Å². The first-order valence-corrected chi connectivity index (χ1v) is 10.7. The first-order valence-electron chi connectivity index (χ1n) is 10.7. The van der Waals surface area contributed by atoms with Crippen molar-refractivity contribution >= 4 is 23.2 Å². The number of ether oxygens (including phenoxy) is 1. The van der Waals surface area contributed by atoms with Gasteiger partial charge in [-0.25, -0.2) is 0 Å². The van der Waals surface area contributed by atoms with Crippen molar-refractivity contribution in [2.75, 3.05) is 43.5 Å². The van der Waals surface area contributed by atoms with Crippen LogP contribution < -0.4 is 15.0 Å². The second kappa shape index (κ2) is 9.20. The summed E-state index contributed by atoms with van der Waals surface area (Å²) < 4.78 is 5.17. The molecule has 2 fully saturated rings. The summed E-state index contributed by atoms with van der Waals surface area (Å²) in [5.41, 5.74) is 2.98. The van der Waals surface area contributed by atoms with Gasteiger partial charge in [0.15, 0.2) is 0 Å². The van der Waals surface area contributed by atoms with Gasteiger partial charge in [0.1, 0.15) is 5.75 Å². The molecule has 1 aliphatic carbocycles. The Morgan fingerprint density at radius 1 is 0.967 bits per heavy atom. The van der Waals surface area contributed by atoms with Crippen molar-refractivity contribution < 1.29 is 14.3 Å². The summed E-state index contributed by atoms with van der Waals surface area (Å²) >= 11 is 0. The molecule has 0 aromatic heterocycles. The van der Waals surface area contributed by atoms with Crippen LogP contribution in [0.3, 0.4) is 0 Å². The van der Waals surface area contributed by atoms with Crippen LogP contribution >= 0.6 is 0 Å². The summed E-state index contributed by atoms with van der Waals surface area (Å²) in [7, 11) is 1.64. The van der Waals surface area contributed by atoms with Crippen LogP contribution in [0.15, 0.2) is 48.5 Å². The Labute approximate surface area is 177 Å². The average molecular weight is 408 g/mol. The average Bonchev–Trinajstić information content (AvgIpc) is 2.73. The number of carbonyl (C=O) groups is 2. The maximum Gasteiger partial charge on any atom is 0.227 e. The summed E-state index contributed by atoms with van der Waals surface area (Å²) in [6, 6.07) is 15.7. The number of hydrogen-bond acceptors (Lipinski definition) is 4. The lowest BCUT2D eigenvalue weighted by Gasteiger charge is -2.36. The van der Waals surface area contributed by atoms with E-state index in [4.69, 9.17) is 4.74 Å². The van der Waals surface area contributed by atoms with Crippen LogP contribution in [0.1, 0.15) is 24.8 Å². The number of methoxy groups -OCH3 is 1. The standard InChI is InChI=1S/C24H29N3O3/c1-30-22-11-5-18(6-12-22)17-23(28)27-15-13-26(14-16-27)21-9-7-20(8-10-21)25-24(29)19-3-2-4-19/h5-12,19H,2-4,13-17H2,1H3,(H,25,29). The molecule has 1 N–H and O–H groups in total. The molecule has 0 atom stereocenters. The number of carbonyl (C=O) groups excluding carboxylic acids is 2. The Kier molecular flexibility index (Phi) is 6.21. The van der Waals surface area contributed by atoms with E-state index in [-0.39, 0.29) is 17.7 Å². The molecule has 2 aliphatic rings. The van der Waals surface area contributed by atoms with Crippen LogP contribution in [-0.4, -0.2) is 50.0 Å². The molecule has 158 valence electrons. The van der Waals surface area contributed by atoms with Crippen LogP contribution in [0.4, 0.5) is 11.4 Å². The van der Waals surface area contributed by atoms with Crippen LogP contribution in [0, 0.1) is 5.92 Å². The van der Waals surface area contributed by atoms with Crippen molar-refractivity contribution in [3.63, 3.8) is 0 Å². The Morgan fingerprint density at radius 3 is 2.20 bits per heavy atom. The monoisotopic (exact) mass is 407 g/mol. The van der Waals surface area contributed by atoms with Gasteiger partial charge in [0.05, 0.1) is 13.5 Å². The van der Waals surface area contributed by atoms with Gasteiger partial charge in [-0.1, -0.05) is 18.6 Å². The molecule has 6 nitrogen and oxygen atoms in total. The molecule has 0 bridgehead atoms. The normalized spacial score (nSPS) is 16.7. The topological polar surface area (TPSA) is 61.9 Å². The van der Waals surface area contributed by atoms with Gasteiger partial charge < -0.3 is 19.9 Å². The van der Waals surface area contributed by atoms with Crippen LogP contribution in [0.2, 0.25) is 0 Å². The van der Waals surface area contributed by atoms with E-state index < -0.39 is 0 Å². The van der Waals surface area contributed by atoms with Gasteiger partial charge in [-0.2, -0.15) is 0 Å². The number of benzene rings is 2. The lowest BCUT2D eigenvalue weighted by Crippen LogP contribution is -2.49. The summed E-state index contributed by atoms with van der Waals surface area (Å²) in [6.07, 6.45) is 3.59. The van der Waals surface area contributed by atoms with Gasteiger partial charge in [-0.05, 0) is 54.8 Å². The first-order chi connectivity index (χ1) is 14.6. The van der Waals surface area contributed by atoms with Gasteiger partial charge in [-0.3, -0.25) is 9.59 Å². The quantitative estimate of drug-likeness (QED) is 0.798. The molecule has 0 unspecified atom stereocenters. The predicted octanol–water partition coefficient (Wildman–Crippen LogP) is 3.33. The molecule has 4 rings (SSSR count). The molecule has 1 heterocycles. The molecule has 0 spiro atoms. The van der Waals surface area contributed by atoms with E-state index in [1.807, 2.05) is 53.4 Å². The Hall–Kier alpha value is -3.02. The van der Waals surface area contributed by atoms with E-state index in [9.17, 15) is 9.59 Å².